The number of esters is 1. The lowest BCUT2D eigenvalue weighted by Gasteiger charge is -2.17. The number of nitrogens with one attached hydrogen (secondary N) is 1. The van der Waals surface area contributed by atoms with Crippen molar-refractivity contribution >= 4 is 17.7 Å². The number of Topliss-reactive ketones (excluding diaryl/α,β-unsaturated/α-hetero) is 1. The number of ketones is 1. The summed E-state index contributed by atoms with van der Waals surface area (Å²) in [6, 6.07) is 0.569. The van der Waals surface area contributed by atoms with Crippen LogP contribution in [0, 0.1) is 12.8 Å². The van der Waals surface area contributed by atoms with E-state index in [2.05, 4.69) is 10.3 Å². The number of carbonyl (C=O) groups is 3. The van der Waals surface area contributed by atoms with Crippen LogP contribution < -0.4 is 5.32 Å². The first-order chi connectivity index (χ1) is 10.8. The molecule has 0 aliphatic heterocycles. The van der Waals surface area contributed by atoms with Crippen LogP contribution in [0.5, 0.6) is 5.75 Å². The van der Waals surface area contributed by atoms with Gasteiger partial charge < -0.3 is 15.2 Å². The van der Waals surface area contributed by atoms with Crippen LogP contribution in [0.15, 0.2) is 12.3 Å². The Balaban J connectivity index is 2.76. The smallest absolute Gasteiger partial charge is 0.308 e. The van der Waals surface area contributed by atoms with E-state index in [1.165, 1.54) is 13.1 Å². The Morgan fingerprint density at radius 3 is 2.61 bits per heavy atom. The molecule has 7 heteroatoms. The standard InChI is InChI=1S/C16H22N2O5/c1-5-9(2)16(22)23-8-12(11(4)19)18-15(21)13-14(20)10(3)6-7-17-13/h6-7,9,12,20H,5,8H2,1-4H3,(H,18,21). The first-order valence-corrected chi connectivity index (χ1v) is 7.40. The number of aromatic hydroxyl groups is 1. The van der Waals surface area contributed by atoms with Crippen molar-refractivity contribution in [1.82, 2.24) is 10.3 Å². The lowest BCUT2D eigenvalue weighted by molar-refractivity contribution is -0.149. The highest BCUT2D eigenvalue weighted by Crippen LogP contribution is 2.18. The fourth-order valence-electron chi connectivity index (χ4n) is 1.68. The Morgan fingerprint density at radius 1 is 1.39 bits per heavy atom. The van der Waals surface area contributed by atoms with E-state index >= 15 is 0 Å². The van der Waals surface area contributed by atoms with Crippen LogP contribution in [0.3, 0.4) is 0 Å². The second-order valence-corrected chi connectivity index (χ2v) is 5.40. The van der Waals surface area contributed by atoms with Crippen LogP contribution in [0.1, 0.15) is 43.2 Å². The predicted octanol–water partition coefficient (Wildman–Crippen LogP) is 1.37. The molecule has 7 nitrogen and oxygen atoms in total. The summed E-state index contributed by atoms with van der Waals surface area (Å²) in [6.07, 6.45) is 2.01. The number of ether oxygens (including phenoxy) is 1. The minimum absolute atomic E-state index is 0.176. The molecule has 0 fully saturated rings. The quantitative estimate of drug-likeness (QED) is 0.735. The largest absolute Gasteiger partial charge is 0.505 e. The van der Waals surface area contributed by atoms with E-state index in [0.29, 0.717) is 12.0 Å². The highest BCUT2D eigenvalue weighted by Gasteiger charge is 2.23. The van der Waals surface area contributed by atoms with E-state index in [1.54, 1.807) is 19.9 Å². The Hall–Kier alpha value is -2.44. The number of hydrogen-bond donors (Lipinski definition) is 2. The number of rotatable bonds is 7. The van der Waals surface area contributed by atoms with E-state index in [4.69, 9.17) is 4.74 Å². The van der Waals surface area contributed by atoms with Crippen LogP contribution >= 0.6 is 0 Å². The number of aryl methyl sites for hydroxylation is 1. The second kappa shape index (κ2) is 8.26. The van der Waals surface area contributed by atoms with Gasteiger partial charge in [-0.05, 0) is 31.9 Å². The van der Waals surface area contributed by atoms with Crippen molar-refractivity contribution in [3.63, 3.8) is 0 Å². The molecule has 0 aliphatic carbocycles. The van der Waals surface area contributed by atoms with Crippen LogP contribution in [0.2, 0.25) is 0 Å². The average molecular weight is 322 g/mol. The van der Waals surface area contributed by atoms with Gasteiger partial charge in [-0.2, -0.15) is 0 Å². The Morgan fingerprint density at radius 2 is 2.04 bits per heavy atom. The van der Waals surface area contributed by atoms with E-state index in [-0.39, 0.29) is 29.8 Å². The molecule has 2 atom stereocenters. The lowest BCUT2D eigenvalue weighted by Crippen LogP contribution is -2.44. The van der Waals surface area contributed by atoms with Crippen molar-refractivity contribution in [2.24, 2.45) is 5.92 Å². The fourth-order valence-corrected chi connectivity index (χ4v) is 1.68. The van der Waals surface area contributed by atoms with Crippen molar-refractivity contribution in [1.29, 1.82) is 0 Å². The molecule has 1 amide bonds. The molecule has 1 heterocycles. The second-order valence-electron chi connectivity index (χ2n) is 5.40. The molecule has 0 spiro atoms. The van der Waals surface area contributed by atoms with Gasteiger partial charge in [0, 0.05) is 6.20 Å². The molecular formula is C16H22N2O5. The maximum atomic E-state index is 12.1. The summed E-state index contributed by atoms with van der Waals surface area (Å²) >= 11 is 0. The molecule has 0 bridgehead atoms. The third kappa shape index (κ3) is 5.05. The monoisotopic (exact) mass is 322 g/mol. The first-order valence-electron chi connectivity index (χ1n) is 7.40. The molecule has 1 aromatic rings. The van der Waals surface area contributed by atoms with Crippen molar-refractivity contribution in [3.8, 4) is 5.75 Å². The molecule has 0 aliphatic rings. The van der Waals surface area contributed by atoms with Crippen molar-refractivity contribution in [3.05, 3.63) is 23.5 Å². The molecule has 1 aromatic heterocycles. The number of carbonyl (C=O) groups excluding carboxylic acids is 3. The summed E-state index contributed by atoms with van der Waals surface area (Å²) in [5, 5.41) is 12.3. The van der Waals surface area contributed by atoms with E-state index < -0.39 is 17.9 Å². The van der Waals surface area contributed by atoms with Gasteiger partial charge in [-0.3, -0.25) is 14.4 Å². The van der Waals surface area contributed by atoms with Crippen LogP contribution in [-0.4, -0.2) is 40.4 Å². The maximum Gasteiger partial charge on any atom is 0.308 e. The molecule has 2 N–H and O–H groups in total. The summed E-state index contributed by atoms with van der Waals surface area (Å²) in [4.78, 5) is 39.2. The number of amides is 1. The topological polar surface area (TPSA) is 106 Å². The normalized spacial score (nSPS) is 13.0. The zero-order valence-corrected chi connectivity index (χ0v) is 13.8. The summed E-state index contributed by atoms with van der Waals surface area (Å²) in [5.74, 6) is -2.01. The average Bonchev–Trinajstić information content (AvgIpc) is 2.52. The maximum absolute atomic E-state index is 12.1. The number of pyridine rings is 1. The number of aromatic nitrogens is 1. The first kappa shape index (κ1) is 18.6. The summed E-state index contributed by atoms with van der Waals surface area (Å²) in [6.45, 7) is 6.23. The summed E-state index contributed by atoms with van der Waals surface area (Å²) in [7, 11) is 0. The van der Waals surface area contributed by atoms with Crippen LogP contribution in [-0.2, 0) is 14.3 Å². The van der Waals surface area contributed by atoms with Gasteiger partial charge in [0.2, 0.25) is 0 Å². The molecule has 0 aromatic carbocycles. The van der Waals surface area contributed by atoms with Gasteiger partial charge >= 0.3 is 5.97 Å². The van der Waals surface area contributed by atoms with Gasteiger partial charge in [-0.15, -0.1) is 0 Å². The van der Waals surface area contributed by atoms with Gasteiger partial charge in [0.1, 0.15) is 18.4 Å². The number of hydrogen-bond acceptors (Lipinski definition) is 6. The summed E-state index contributed by atoms with van der Waals surface area (Å²) in [5.41, 5.74) is 0.317. The predicted molar refractivity (Wildman–Crippen MR) is 83.0 cm³/mol. The van der Waals surface area contributed by atoms with Gasteiger partial charge in [-0.1, -0.05) is 13.8 Å². The Kier molecular flexibility index (Phi) is 6.68. The third-order valence-electron chi connectivity index (χ3n) is 3.54. The Bertz CT molecular complexity index is 600. The van der Waals surface area contributed by atoms with E-state index in [9.17, 15) is 19.5 Å². The van der Waals surface area contributed by atoms with Crippen LogP contribution in [0.25, 0.3) is 0 Å². The molecule has 1 rings (SSSR count). The highest BCUT2D eigenvalue weighted by atomic mass is 16.5. The molecule has 0 saturated heterocycles. The van der Waals surface area contributed by atoms with E-state index in [0.717, 1.165) is 0 Å². The molecule has 0 saturated carbocycles. The highest BCUT2D eigenvalue weighted by molar-refractivity contribution is 5.98. The zero-order valence-electron chi connectivity index (χ0n) is 13.8. The zero-order chi connectivity index (χ0) is 17.6. The minimum atomic E-state index is -0.989. The molecule has 2 unspecified atom stereocenters. The molecular weight excluding hydrogens is 300 g/mol. The van der Waals surface area contributed by atoms with E-state index in [1.807, 2.05) is 6.92 Å². The number of nitrogens with zero attached hydrogens (tertiary/aromatic N) is 1. The lowest BCUT2D eigenvalue weighted by atomic mass is 10.1. The molecule has 126 valence electrons. The Labute approximate surface area is 135 Å². The van der Waals surface area contributed by atoms with Crippen molar-refractivity contribution in [2.75, 3.05) is 6.61 Å². The minimum Gasteiger partial charge on any atom is -0.505 e. The van der Waals surface area contributed by atoms with Gasteiger partial charge in [0.15, 0.2) is 11.5 Å². The van der Waals surface area contributed by atoms with Gasteiger partial charge in [-0.25, -0.2) is 4.98 Å². The van der Waals surface area contributed by atoms with Gasteiger partial charge in [0.05, 0.1) is 5.92 Å². The van der Waals surface area contributed by atoms with Crippen molar-refractivity contribution < 1.29 is 24.2 Å². The third-order valence-corrected chi connectivity index (χ3v) is 3.54. The van der Waals surface area contributed by atoms with Crippen LogP contribution in [0.4, 0.5) is 0 Å². The molecule has 0 radical (unpaired) electrons. The summed E-state index contributed by atoms with van der Waals surface area (Å²) < 4.78 is 5.05. The molecule has 23 heavy (non-hydrogen) atoms. The van der Waals surface area contributed by atoms with Crippen molar-refractivity contribution in [2.45, 2.75) is 40.2 Å². The fraction of sp³-hybridized carbons (Fsp3) is 0.500. The van der Waals surface area contributed by atoms with Gasteiger partial charge in [0.25, 0.3) is 5.91 Å². The SMILES string of the molecule is CCC(C)C(=O)OCC(NC(=O)c1nccc(C)c1O)C(C)=O.